The zero-order chi connectivity index (χ0) is 12.5. The molecule has 0 bridgehead atoms. The van der Waals surface area contributed by atoms with Gasteiger partial charge in [-0.25, -0.2) is 0 Å². The molecule has 102 valence electrons. The Hall–Kier alpha value is -0.610. The molecular weight excluding hydrogens is 226 g/mol. The Morgan fingerprint density at radius 1 is 1.22 bits per heavy atom. The smallest absolute Gasteiger partial charge is 0.236 e. The number of amides is 1. The second-order valence-electron chi connectivity index (χ2n) is 6.11. The maximum Gasteiger partial charge on any atom is 0.236 e. The maximum absolute atomic E-state index is 12.0. The fourth-order valence-corrected chi connectivity index (χ4v) is 3.49. The Kier molecular flexibility index (Phi) is 3.57. The van der Waals surface area contributed by atoms with E-state index < -0.39 is 0 Å². The molecule has 0 spiro atoms. The molecule has 18 heavy (non-hydrogen) atoms. The van der Waals surface area contributed by atoms with Crippen LogP contribution in [0.2, 0.25) is 0 Å². The van der Waals surface area contributed by atoms with Crippen LogP contribution in [0.4, 0.5) is 0 Å². The molecule has 2 unspecified atom stereocenters. The SMILES string of the molecule is CN(C(=O)CNC1CCN2CCCCC12)C1CC1. The van der Waals surface area contributed by atoms with E-state index in [-0.39, 0.29) is 5.91 Å². The lowest BCUT2D eigenvalue weighted by atomic mass is 9.99. The molecule has 1 amide bonds. The van der Waals surface area contributed by atoms with Crippen molar-refractivity contribution >= 4 is 5.91 Å². The molecule has 3 fully saturated rings. The second-order valence-corrected chi connectivity index (χ2v) is 6.11. The monoisotopic (exact) mass is 251 g/mol. The van der Waals surface area contributed by atoms with Gasteiger partial charge in [-0.1, -0.05) is 6.42 Å². The first kappa shape index (κ1) is 12.4. The van der Waals surface area contributed by atoms with Gasteiger partial charge in [-0.15, -0.1) is 0 Å². The molecule has 4 heteroatoms. The summed E-state index contributed by atoms with van der Waals surface area (Å²) in [6.45, 7) is 3.01. The molecule has 2 atom stereocenters. The van der Waals surface area contributed by atoms with Crippen LogP contribution in [-0.2, 0) is 4.79 Å². The van der Waals surface area contributed by atoms with E-state index in [1.165, 1.54) is 51.6 Å². The van der Waals surface area contributed by atoms with Crippen molar-refractivity contribution in [2.24, 2.45) is 0 Å². The van der Waals surface area contributed by atoms with Crippen LogP contribution in [-0.4, -0.2) is 60.5 Å². The Balaban J connectivity index is 1.46. The standard InChI is InChI=1S/C14H25N3O/c1-16(11-5-6-11)14(18)10-15-12-7-9-17-8-3-2-4-13(12)17/h11-13,15H,2-10H2,1H3. The lowest BCUT2D eigenvalue weighted by Crippen LogP contribution is -2.48. The highest BCUT2D eigenvalue weighted by atomic mass is 16.2. The van der Waals surface area contributed by atoms with Gasteiger partial charge in [-0.3, -0.25) is 9.69 Å². The fourth-order valence-electron chi connectivity index (χ4n) is 3.49. The van der Waals surface area contributed by atoms with Crippen LogP contribution in [0.15, 0.2) is 0 Å². The third-order valence-corrected chi connectivity index (χ3v) is 4.86. The third-order valence-electron chi connectivity index (χ3n) is 4.86. The van der Waals surface area contributed by atoms with Crippen molar-refractivity contribution in [1.29, 1.82) is 0 Å². The predicted octanol–water partition coefficient (Wildman–Crippen LogP) is 0.824. The van der Waals surface area contributed by atoms with Gasteiger partial charge in [0.2, 0.25) is 5.91 Å². The molecule has 2 saturated heterocycles. The first-order valence-electron chi connectivity index (χ1n) is 7.49. The molecule has 2 aliphatic heterocycles. The van der Waals surface area contributed by atoms with Crippen LogP contribution in [0, 0.1) is 0 Å². The molecule has 4 nitrogen and oxygen atoms in total. The van der Waals surface area contributed by atoms with Gasteiger partial charge >= 0.3 is 0 Å². The van der Waals surface area contributed by atoms with Gasteiger partial charge in [0.1, 0.15) is 0 Å². The highest BCUT2D eigenvalue weighted by Crippen LogP contribution is 2.27. The molecule has 1 saturated carbocycles. The number of rotatable bonds is 4. The minimum absolute atomic E-state index is 0.270. The summed E-state index contributed by atoms with van der Waals surface area (Å²) in [5, 5.41) is 3.51. The number of piperidine rings is 1. The van der Waals surface area contributed by atoms with E-state index in [9.17, 15) is 4.79 Å². The van der Waals surface area contributed by atoms with E-state index in [0.29, 0.717) is 24.7 Å². The summed E-state index contributed by atoms with van der Waals surface area (Å²) in [6, 6.07) is 1.77. The van der Waals surface area contributed by atoms with Crippen LogP contribution in [0.25, 0.3) is 0 Å². The van der Waals surface area contributed by atoms with Crippen molar-refractivity contribution in [1.82, 2.24) is 15.1 Å². The van der Waals surface area contributed by atoms with Crippen molar-refractivity contribution in [3.63, 3.8) is 0 Å². The molecule has 1 N–H and O–H groups in total. The van der Waals surface area contributed by atoms with E-state index in [0.717, 1.165) is 0 Å². The highest BCUT2D eigenvalue weighted by Gasteiger charge is 2.36. The van der Waals surface area contributed by atoms with Gasteiger partial charge in [0.05, 0.1) is 6.54 Å². The summed E-state index contributed by atoms with van der Waals surface area (Å²) in [4.78, 5) is 16.5. The third kappa shape index (κ3) is 2.54. The van der Waals surface area contributed by atoms with Crippen LogP contribution < -0.4 is 5.32 Å². The van der Waals surface area contributed by atoms with Crippen molar-refractivity contribution in [3.8, 4) is 0 Å². The highest BCUT2D eigenvalue weighted by molar-refractivity contribution is 5.78. The van der Waals surface area contributed by atoms with Gasteiger partial charge in [0.25, 0.3) is 0 Å². The van der Waals surface area contributed by atoms with Crippen molar-refractivity contribution in [2.45, 2.75) is 56.7 Å². The predicted molar refractivity (Wildman–Crippen MR) is 71.4 cm³/mol. The Labute approximate surface area is 110 Å². The minimum Gasteiger partial charge on any atom is -0.342 e. The zero-order valence-corrected chi connectivity index (χ0v) is 11.4. The summed E-state index contributed by atoms with van der Waals surface area (Å²) >= 11 is 0. The van der Waals surface area contributed by atoms with Gasteiger partial charge in [-0.2, -0.15) is 0 Å². The van der Waals surface area contributed by atoms with Gasteiger partial charge in [0, 0.05) is 31.7 Å². The average Bonchev–Trinajstić information content (AvgIpc) is 3.16. The molecule has 0 aromatic rings. The maximum atomic E-state index is 12.0. The second kappa shape index (κ2) is 5.17. The first-order chi connectivity index (χ1) is 8.75. The quantitative estimate of drug-likeness (QED) is 0.803. The molecular formula is C14H25N3O. The summed E-state index contributed by atoms with van der Waals surface area (Å²) in [7, 11) is 1.95. The zero-order valence-electron chi connectivity index (χ0n) is 11.4. The van der Waals surface area contributed by atoms with Crippen molar-refractivity contribution < 1.29 is 4.79 Å². The fraction of sp³-hybridized carbons (Fsp3) is 0.929. The van der Waals surface area contributed by atoms with Crippen LogP contribution in [0.5, 0.6) is 0 Å². The Morgan fingerprint density at radius 2 is 2.06 bits per heavy atom. The molecule has 0 radical (unpaired) electrons. The molecule has 0 aromatic heterocycles. The molecule has 3 aliphatic rings. The molecule has 1 aliphatic carbocycles. The van der Waals surface area contributed by atoms with E-state index in [2.05, 4.69) is 10.2 Å². The van der Waals surface area contributed by atoms with Crippen LogP contribution >= 0.6 is 0 Å². The summed E-state index contributed by atoms with van der Waals surface area (Å²) in [5.41, 5.74) is 0. The van der Waals surface area contributed by atoms with Gasteiger partial charge < -0.3 is 10.2 Å². The topological polar surface area (TPSA) is 35.6 Å². The molecule has 3 rings (SSSR count). The largest absolute Gasteiger partial charge is 0.342 e. The number of hydrogen-bond acceptors (Lipinski definition) is 3. The number of carbonyl (C=O) groups excluding carboxylic acids is 1. The number of hydrogen-bond donors (Lipinski definition) is 1. The molecule has 2 heterocycles. The van der Waals surface area contributed by atoms with E-state index >= 15 is 0 Å². The summed E-state index contributed by atoms with van der Waals surface area (Å²) < 4.78 is 0. The number of carbonyl (C=O) groups is 1. The average molecular weight is 251 g/mol. The normalized spacial score (nSPS) is 32.3. The number of likely N-dealkylation sites (N-methyl/N-ethyl adjacent to an activating group) is 1. The Morgan fingerprint density at radius 3 is 2.83 bits per heavy atom. The Bertz CT molecular complexity index is 316. The molecule has 0 aromatic carbocycles. The van der Waals surface area contributed by atoms with E-state index in [4.69, 9.17) is 0 Å². The van der Waals surface area contributed by atoms with Crippen molar-refractivity contribution in [2.75, 3.05) is 26.7 Å². The van der Waals surface area contributed by atoms with Crippen molar-refractivity contribution in [3.05, 3.63) is 0 Å². The van der Waals surface area contributed by atoms with E-state index in [1.54, 1.807) is 0 Å². The lowest BCUT2D eigenvalue weighted by Gasteiger charge is -2.32. The van der Waals surface area contributed by atoms with E-state index in [1.807, 2.05) is 11.9 Å². The lowest BCUT2D eigenvalue weighted by molar-refractivity contribution is -0.129. The summed E-state index contributed by atoms with van der Waals surface area (Å²) in [5.74, 6) is 0.270. The first-order valence-corrected chi connectivity index (χ1v) is 7.49. The van der Waals surface area contributed by atoms with Crippen LogP contribution in [0.3, 0.4) is 0 Å². The summed E-state index contributed by atoms with van der Waals surface area (Å²) in [6.07, 6.45) is 7.63. The minimum atomic E-state index is 0.270. The number of nitrogens with one attached hydrogen (secondary N) is 1. The van der Waals surface area contributed by atoms with Gasteiger partial charge in [-0.05, 0) is 38.6 Å². The van der Waals surface area contributed by atoms with Crippen LogP contribution in [0.1, 0.15) is 38.5 Å². The number of nitrogens with zero attached hydrogens (tertiary/aromatic N) is 2. The van der Waals surface area contributed by atoms with Gasteiger partial charge in [0.15, 0.2) is 0 Å². The number of fused-ring (bicyclic) bond motifs is 1.